The zero-order valence-electron chi connectivity index (χ0n) is 37.5. The number of nitrogens with zero attached hydrogens (tertiary/aromatic N) is 2. The molecule has 0 spiro atoms. The molecule has 0 N–H and O–H groups in total. The smallest absolute Gasteiger partial charge is 0.0641 e. The van der Waals surface area contributed by atoms with Crippen molar-refractivity contribution in [2.45, 2.75) is 24.7 Å². The van der Waals surface area contributed by atoms with E-state index < -0.39 is 10.8 Å². The number of benzene rings is 10. The SMILES string of the molecule is CC1(c2ccccc2)c2ccc3c4ccccc4n(-c4cccc5c4sc4ccccc45)c3c2C(C)(c2ccccc2)c2ccc3c4ccccc4n(-c4cccc5c4sc4ccccc45)c3c21. The van der Waals surface area contributed by atoms with Crippen molar-refractivity contribution in [2.75, 3.05) is 0 Å². The molecule has 0 amide bonds. The minimum absolute atomic E-state index is 0.598. The summed E-state index contributed by atoms with van der Waals surface area (Å²) in [6.45, 7) is 5.05. The molecule has 0 saturated heterocycles. The predicted octanol–water partition coefficient (Wildman–Crippen LogP) is 17.6. The molecule has 0 radical (unpaired) electrons. The molecule has 0 saturated carbocycles. The first-order valence-corrected chi connectivity index (χ1v) is 25.2. The van der Waals surface area contributed by atoms with Crippen LogP contribution in [0.4, 0.5) is 0 Å². The Bertz CT molecular complexity index is 4130. The minimum atomic E-state index is -0.598. The lowest BCUT2D eigenvalue weighted by Crippen LogP contribution is -2.42. The normalized spacial score (nSPS) is 17.1. The lowest BCUT2D eigenvalue weighted by atomic mass is 9.54. The second kappa shape index (κ2) is 13.9. The molecule has 4 aromatic heterocycles. The number of para-hydroxylation sites is 2. The Balaban J connectivity index is 1.17. The largest absolute Gasteiger partial charge is 0.307 e. The summed E-state index contributed by atoms with van der Waals surface area (Å²) in [4.78, 5) is 0. The van der Waals surface area contributed by atoms with Crippen molar-refractivity contribution < 1.29 is 0 Å². The highest BCUT2D eigenvalue weighted by Gasteiger charge is 2.51. The Kier molecular flexibility index (Phi) is 7.84. The second-order valence-electron chi connectivity index (χ2n) is 19.0. The van der Waals surface area contributed by atoms with Gasteiger partial charge in [-0.2, -0.15) is 0 Å². The molecule has 2 nitrogen and oxygen atoms in total. The number of hydrogen-bond donors (Lipinski definition) is 0. The molecule has 14 aromatic rings. The van der Waals surface area contributed by atoms with Crippen molar-refractivity contribution in [1.82, 2.24) is 9.13 Å². The highest BCUT2D eigenvalue weighted by Crippen LogP contribution is 2.60. The van der Waals surface area contributed by atoms with Crippen LogP contribution in [0, 0.1) is 0 Å². The molecule has 68 heavy (non-hydrogen) atoms. The van der Waals surface area contributed by atoms with Gasteiger partial charge in [-0.3, -0.25) is 0 Å². The number of aromatic nitrogens is 2. The van der Waals surface area contributed by atoms with E-state index in [0.29, 0.717) is 0 Å². The van der Waals surface area contributed by atoms with Crippen LogP contribution in [0.5, 0.6) is 0 Å². The van der Waals surface area contributed by atoms with Crippen LogP contribution in [0.15, 0.2) is 218 Å². The number of rotatable bonds is 4. The van der Waals surface area contributed by atoms with Gasteiger partial charge in [0.05, 0.1) is 42.8 Å². The first kappa shape index (κ1) is 38.4. The fourth-order valence-electron chi connectivity index (χ4n) is 12.7. The zero-order valence-corrected chi connectivity index (χ0v) is 39.1. The lowest BCUT2D eigenvalue weighted by Gasteiger charge is -2.48. The van der Waals surface area contributed by atoms with Crippen molar-refractivity contribution in [3.8, 4) is 11.4 Å². The van der Waals surface area contributed by atoms with Crippen LogP contribution in [-0.4, -0.2) is 9.13 Å². The minimum Gasteiger partial charge on any atom is -0.307 e. The Hall–Kier alpha value is -7.76. The molecule has 1 aliphatic carbocycles. The molecular weight excluding hydrogens is 861 g/mol. The van der Waals surface area contributed by atoms with E-state index >= 15 is 0 Å². The number of fused-ring (bicyclic) bond motifs is 16. The maximum Gasteiger partial charge on any atom is 0.0641 e. The van der Waals surface area contributed by atoms with E-state index in [4.69, 9.17) is 0 Å². The first-order chi connectivity index (χ1) is 33.5. The summed E-state index contributed by atoms with van der Waals surface area (Å²) in [5, 5.41) is 10.3. The average molecular weight is 903 g/mol. The van der Waals surface area contributed by atoms with Crippen LogP contribution in [0.3, 0.4) is 0 Å². The van der Waals surface area contributed by atoms with Crippen LogP contribution in [0.25, 0.3) is 95.3 Å². The Morgan fingerprint density at radius 1 is 0.309 bits per heavy atom. The highest BCUT2D eigenvalue weighted by atomic mass is 32.1. The van der Waals surface area contributed by atoms with E-state index in [-0.39, 0.29) is 0 Å². The van der Waals surface area contributed by atoms with E-state index in [0.717, 1.165) is 0 Å². The van der Waals surface area contributed by atoms with Gasteiger partial charge in [0.1, 0.15) is 0 Å². The maximum atomic E-state index is 2.64. The van der Waals surface area contributed by atoms with E-state index in [1.165, 1.54) is 129 Å². The summed E-state index contributed by atoms with van der Waals surface area (Å²) in [5.41, 5.74) is 14.1. The molecule has 320 valence electrons. The van der Waals surface area contributed by atoms with Gasteiger partial charge in [0.15, 0.2) is 0 Å². The van der Waals surface area contributed by atoms with Gasteiger partial charge < -0.3 is 9.13 Å². The van der Waals surface area contributed by atoms with Gasteiger partial charge in [-0.05, 0) is 83.6 Å². The molecule has 15 rings (SSSR count). The third-order valence-corrected chi connectivity index (χ3v) is 18.1. The van der Waals surface area contributed by atoms with Crippen LogP contribution in [0.1, 0.15) is 47.2 Å². The number of hydrogen-bond acceptors (Lipinski definition) is 2. The van der Waals surface area contributed by atoms with Crippen molar-refractivity contribution in [2.24, 2.45) is 0 Å². The Labute approximate surface area is 401 Å². The fraction of sp³-hybridized carbons (Fsp3) is 0.0625. The van der Waals surface area contributed by atoms with Gasteiger partial charge in [-0.25, -0.2) is 0 Å². The van der Waals surface area contributed by atoms with Gasteiger partial charge in [-0.1, -0.05) is 182 Å². The van der Waals surface area contributed by atoms with Crippen LogP contribution < -0.4 is 0 Å². The molecule has 4 heterocycles. The lowest BCUT2D eigenvalue weighted by molar-refractivity contribution is 0.574. The maximum absolute atomic E-state index is 2.64. The fourth-order valence-corrected chi connectivity index (χ4v) is 15.1. The molecule has 0 aliphatic heterocycles. The quantitative estimate of drug-likeness (QED) is 0.167. The summed E-state index contributed by atoms with van der Waals surface area (Å²) in [7, 11) is 0. The summed E-state index contributed by atoms with van der Waals surface area (Å²) < 4.78 is 10.5. The first-order valence-electron chi connectivity index (χ1n) is 23.6. The predicted molar refractivity (Wildman–Crippen MR) is 291 cm³/mol. The zero-order chi connectivity index (χ0) is 44.9. The van der Waals surface area contributed by atoms with Gasteiger partial charge >= 0.3 is 0 Å². The molecule has 0 bridgehead atoms. The second-order valence-corrected chi connectivity index (χ2v) is 21.1. The van der Waals surface area contributed by atoms with Crippen molar-refractivity contribution >= 4 is 107 Å². The van der Waals surface area contributed by atoms with Crippen LogP contribution in [-0.2, 0) is 10.8 Å². The van der Waals surface area contributed by atoms with Gasteiger partial charge in [0.25, 0.3) is 0 Å². The topological polar surface area (TPSA) is 9.86 Å². The van der Waals surface area contributed by atoms with Crippen LogP contribution >= 0.6 is 22.7 Å². The van der Waals surface area contributed by atoms with Crippen molar-refractivity contribution in [1.29, 1.82) is 0 Å². The Morgan fingerprint density at radius 3 is 1.12 bits per heavy atom. The van der Waals surface area contributed by atoms with Gasteiger partial charge in [-0.15, -0.1) is 22.7 Å². The van der Waals surface area contributed by atoms with Crippen molar-refractivity contribution in [3.63, 3.8) is 0 Å². The van der Waals surface area contributed by atoms with E-state index in [9.17, 15) is 0 Å². The monoisotopic (exact) mass is 902 g/mol. The molecule has 4 heteroatoms. The third kappa shape index (κ3) is 4.86. The molecular formula is C64H42N2S2. The molecule has 0 fully saturated rings. The van der Waals surface area contributed by atoms with Crippen LogP contribution in [0.2, 0.25) is 0 Å². The van der Waals surface area contributed by atoms with Crippen molar-refractivity contribution in [3.05, 3.63) is 252 Å². The summed E-state index contributed by atoms with van der Waals surface area (Å²) in [5.74, 6) is 0. The number of thiophene rings is 2. The van der Waals surface area contributed by atoms with E-state index in [2.05, 4.69) is 241 Å². The highest BCUT2D eigenvalue weighted by molar-refractivity contribution is 7.26. The molecule has 2 atom stereocenters. The standard InChI is InChI=1S/C64H42N2S2/c1-63(39-19-5-3-6-20-39)49-37-35-46-42-24-10-14-30-52(42)66(54-32-18-28-48-44-26-12-16-34-56(44)68-62(48)54)60(46)58(49)64(2,40-21-7-4-8-22-40)50-38-36-45-41-23-9-13-29-51(41)65(59(45)57(50)63)53-31-17-27-47-43-25-11-15-33-55(43)67-61(47)53/h3-38H,1-2H3. The van der Waals surface area contributed by atoms with Gasteiger partial charge in [0.2, 0.25) is 0 Å². The summed E-state index contributed by atoms with van der Waals surface area (Å²) in [6.07, 6.45) is 0. The molecule has 2 unspecified atom stereocenters. The molecule has 1 aliphatic rings. The van der Waals surface area contributed by atoms with E-state index in [1.807, 2.05) is 22.7 Å². The van der Waals surface area contributed by atoms with Gasteiger partial charge in [0, 0.05) is 63.3 Å². The summed E-state index contributed by atoms with van der Waals surface area (Å²) >= 11 is 3.81. The molecule has 10 aromatic carbocycles. The average Bonchev–Trinajstić information content (AvgIpc) is 4.16. The van der Waals surface area contributed by atoms with E-state index in [1.54, 1.807) is 0 Å². The third-order valence-electron chi connectivity index (χ3n) is 15.7. The summed E-state index contributed by atoms with van der Waals surface area (Å²) in [6, 6.07) is 82.4. The Morgan fingerprint density at radius 2 is 0.676 bits per heavy atom.